The minimum absolute atomic E-state index is 0.120. The predicted molar refractivity (Wildman–Crippen MR) is 106 cm³/mol. The fourth-order valence-corrected chi connectivity index (χ4v) is 2.66. The van der Waals surface area contributed by atoms with Crippen LogP contribution in [0.1, 0.15) is 18.1 Å². The summed E-state index contributed by atoms with van der Waals surface area (Å²) in [6, 6.07) is 9.73. The second kappa shape index (κ2) is 9.77. The molecule has 0 aliphatic carbocycles. The summed E-state index contributed by atoms with van der Waals surface area (Å²) in [6.07, 6.45) is 2.05. The smallest absolute Gasteiger partial charge is 0.405 e. The van der Waals surface area contributed by atoms with Crippen LogP contribution < -0.4 is 15.4 Å². The summed E-state index contributed by atoms with van der Waals surface area (Å²) in [7, 11) is 0. The van der Waals surface area contributed by atoms with Gasteiger partial charge in [-0.25, -0.2) is 15.0 Å². The Bertz CT molecular complexity index is 973. The van der Waals surface area contributed by atoms with E-state index in [1.54, 1.807) is 41.6 Å². The number of imidazole rings is 1. The van der Waals surface area contributed by atoms with Gasteiger partial charge in [0.25, 0.3) is 0 Å². The van der Waals surface area contributed by atoms with Crippen molar-refractivity contribution in [3.8, 4) is 11.6 Å². The molecule has 0 spiro atoms. The van der Waals surface area contributed by atoms with E-state index in [0.717, 1.165) is 11.4 Å². The Hall–Kier alpha value is -3.56. The van der Waals surface area contributed by atoms with Gasteiger partial charge in [0.2, 0.25) is 0 Å². The number of hydrogen-bond acceptors (Lipinski definition) is 4. The molecule has 7 nitrogen and oxygen atoms in total. The van der Waals surface area contributed by atoms with Gasteiger partial charge in [0.15, 0.2) is 5.96 Å². The number of pyridine rings is 1. The molecule has 0 amide bonds. The van der Waals surface area contributed by atoms with Crippen LogP contribution in [0.15, 0.2) is 66.3 Å². The number of rotatable bonds is 7. The number of hydrogen-bond donors (Lipinski definition) is 2. The average molecular weight is 418 g/mol. The summed E-state index contributed by atoms with van der Waals surface area (Å²) in [5, 5.41) is 6.11. The van der Waals surface area contributed by atoms with E-state index >= 15 is 0 Å². The van der Waals surface area contributed by atoms with Gasteiger partial charge in [0, 0.05) is 37.2 Å². The van der Waals surface area contributed by atoms with Crippen LogP contribution in [0, 0.1) is 0 Å². The third kappa shape index (κ3) is 6.23. The van der Waals surface area contributed by atoms with Crippen molar-refractivity contribution in [3.63, 3.8) is 0 Å². The molecule has 0 aliphatic heterocycles. The van der Waals surface area contributed by atoms with Crippen molar-refractivity contribution in [1.29, 1.82) is 0 Å². The Morgan fingerprint density at radius 1 is 1.17 bits per heavy atom. The number of halogens is 3. The molecule has 3 rings (SSSR count). The highest BCUT2D eigenvalue weighted by molar-refractivity contribution is 5.79. The molecule has 2 heterocycles. The van der Waals surface area contributed by atoms with Gasteiger partial charge in [0.1, 0.15) is 17.9 Å². The third-order valence-corrected chi connectivity index (χ3v) is 3.99. The van der Waals surface area contributed by atoms with E-state index in [4.69, 9.17) is 0 Å². The summed E-state index contributed by atoms with van der Waals surface area (Å²) in [5.41, 5.74) is 1.29. The second-order valence-electron chi connectivity index (χ2n) is 6.20. The van der Waals surface area contributed by atoms with Gasteiger partial charge in [-0.1, -0.05) is 18.2 Å². The summed E-state index contributed by atoms with van der Waals surface area (Å²) in [6.45, 7) is 2.99. The molecule has 10 heteroatoms. The summed E-state index contributed by atoms with van der Waals surface area (Å²) >= 11 is 0. The van der Waals surface area contributed by atoms with E-state index in [0.29, 0.717) is 24.6 Å². The molecule has 0 saturated heterocycles. The van der Waals surface area contributed by atoms with Gasteiger partial charge < -0.3 is 15.4 Å². The lowest BCUT2D eigenvalue weighted by Crippen LogP contribution is -2.37. The maximum absolute atomic E-state index is 12.6. The molecular formula is C20H21F3N6O. The van der Waals surface area contributed by atoms with Gasteiger partial charge in [0.05, 0.1) is 6.54 Å². The first-order chi connectivity index (χ1) is 14.4. The van der Waals surface area contributed by atoms with E-state index in [1.807, 2.05) is 19.1 Å². The molecule has 158 valence electrons. The number of aromatic nitrogens is 3. The normalized spacial score (nSPS) is 11.9. The number of guanidine groups is 1. The number of nitrogens with zero attached hydrogens (tertiary/aromatic N) is 4. The van der Waals surface area contributed by atoms with Crippen LogP contribution in [0.3, 0.4) is 0 Å². The molecule has 2 aromatic heterocycles. The Morgan fingerprint density at radius 2 is 2.00 bits per heavy atom. The van der Waals surface area contributed by atoms with Crippen molar-refractivity contribution in [2.75, 3.05) is 6.54 Å². The number of para-hydroxylation sites is 1. The lowest BCUT2D eigenvalue weighted by Gasteiger charge is -2.15. The molecule has 0 aliphatic rings. The van der Waals surface area contributed by atoms with Crippen LogP contribution in [0.5, 0.6) is 5.75 Å². The first kappa shape index (κ1) is 21.2. The van der Waals surface area contributed by atoms with E-state index < -0.39 is 6.36 Å². The number of alkyl halides is 3. The molecule has 0 fully saturated rings. The van der Waals surface area contributed by atoms with Gasteiger partial charge in [-0.2, -0.15) is 0 Å². The van der Waals surface area contributed by atoms with Crippen LogP contribution in [0.2, 0.25) is 0 Å². The molecule has 0 unspecified atom stereocenters. The Kier molecular flexibility index (Phi) is 6.89. The maximum Gasteiger partial charge on any atom is 0.573 e. The molecule has 30 heavy (non-hydrogen) atoms. The molecule has 0 atom stereocenters. The quantitative estimate of drug-likeness (QED) is 0.454. The molecule has 2 N–H and O–H groups in total. The van der Waals surface area contributed by atoms with Crippen molar-refractivity contribution >= 4 is 5.96 Å². The van der Waals surface area contributed by atoms with Crippen LogP contribution >= 0.6 is 0 Å². The fourth-order valence-electron chi connectivity index (χ4n) is 2.66. The van der Waals surface area contributed by atoms with E-state index in [-0.39, 0.29) is 12.3 Å². The van der Waals surface area contributed by atoms with Crippen molar-refractivity contribution in [2.45, 2.75) is 26.4 Å². The topological polar surface area (TPSA) is 76.4 Å². The highest BCUT2D eigenvalue weighted by Gasteiger charge is 2.31. The first-order valence-electron chi connectivity index (χ1n) is 9.23. The monoisotopic (exact) mass is 418 g/mol. The summed E-state index contributed by atoms with van der Waals surface area (Å²) < 4.78 is 43.7. The fraction of sp³-hybridized carbons (Fsp3) is 0.250. The zero-order chi connectivity index (χ0) is 21.4. The van der Waals surface area contributed by atoms with E-state index in [1.165, 1.54) is 12.1 Å². The van der Waals surface area contributed by atoms with Gasteiger partial charge >= 0.3 is 6.36 Å². The molecule has 0 bridgehead atoms. The van der Waals surface area contributed by atoms with Crippen molar-refractivity contribution in [2.24, 2.45) is 4.99 Å². The van der Waals surface area contributed by atoms with Crippen LogP contribution in [0.4, 0.5) is 13.2 Å². The maximum atomic E-state index is 12.6. The van der Waals surface area contributed by atoms with Crippen LogP contribution in [0.25, 0.3) is 5.82 Å². The second-order valence-corrected chi connectivity index (χ2v) is 6.20. The minimum Gasteiger partial charge on any atom is -0.405 e. The van der Waals surface area contributed by atoms with E-state index in [9.17, 15) is 13.2 Å². The van der Waals surface area contributed by atoms with Crippen LogP contribution in [-0.2, 0) is 13.1 Å². The Labute approximate surface area is 171 Å². The molecule has 0 radical (unpaired) electrons. The summed E-state index contributed by atoms with van der Waals surface area (Å²) in [4.78, 5) is 12.8. The molecular weight excluding hydrogens is 397 g/mol. The number of aliphatic imine (C=N–C) groups is 1. The van der Waals surface area contributed by atoms with Crippen molar-refractivity contribution < 1.29 is 17.9 Å². The largest absolute Gasteiger partial charge is 0.573 e. The SMILES string of the molecule is CCNC(=NCc1ccnc(-n2ccnc2)c1)NCc1ccccc1OC(F)(F)F. The zero-order valence-electron chi connectivity index (χ0n) is 16.2. The van der Waals surface area contributed by atoms with Gasteiger partial charge in [-0.3, -0.25) is 4.57 Å². The molecule has 0 saturated carbocycles. The first-order valence-corrected chi connectivity index (χ1v) is 9.23. The lowest BCUT2D eigenvalue weighted by atomic mass is 10.2. The van der Waals surface area contributed by atoms with E-state index in [2.05, 4.69) is 30.3 Å². The predicted octanol–water partition coefficient (Wildman–Crippen LogP) is 3.42. The Balaban J connectivity index is 1.68. The Morgan fingerprint density at radius 3 is 2.73 bits per heavy atom. The number of nitrogens with one attached hydrogen (secondary N) is 2. The lowest BCUT2D eigenvalue weighted by molar-refractivity contribution is -0.274. The number of ether oxygens (including phenoxy) is 1. The van der Waals surface area contributed by atoms with Crippen molar-refractivity contribution in [1.82, 2.24) is 25.2 Å². The highest BCUT2D eigenvalue weighted by Crippen LogP contribution is 2.26. The minimum atomic E-state index is -4.75. The average Bonchev–Trinajstić information content (AvgIpc) is 3.25. The summed E-state index contributed by atoms with van der Waals surface area (Å²) in [5.74, 6) is 0.948. The highest BCUT2D eigenvalue weighted by atomic mass is 19.4. The van der Waals surface area contributed by atoms with Crippen molar-refractivity contribution in [3.05, 3.63) is 72.4 Å². The number of benzene rings is 1. The van der Waals surface area contributed by atoms with Gasteiger partial charge in [-0.05, 0) is 30.7 Å². The zero-order valence-corrected chi connectivity index (χ0v) is 16.2. The molecule has 1 aromatic carbocycles. The molecule has 3 aromatic rings. The third-order valence-electron chi connectivity index (χ3n) is 3.99. The van der Waals surface area contributed by atoms with Crippen LogP contribution in [-0.4, -0.2) is 33.4 Å². The van der Waals surface area contributed by atoms with Gasteiger partial charge in [-0.15, -0.1) is 13.2 Å². The standard InChI is InChI=1S/C20H21F3N6O/c1-2-25-19(28-13-16-5-3-4-6-17(16)30-20(21,22)23)27-12-15-7-8-26-18(11-15)29-10-9-24-14-29/h3-11,14H,2,12-13H2,1H3,(H2,25,27,28).